The number of benzene rings is 4. The van der Waals surface area contributed by atoms with Crippen LogP contribution in [0.25, 0.3) is 30.3 Å². The molecule has 9 heteroatoms. The van der Waals surface area contributed by atoms with Crippen LogP contribution < -0.4 is 14.2 Å². The van der Waals surface area contributed by atoms with Crippen LogP contribution in [0.5, 0.6) is 15.2 Å². The summed E-state index contributed by atoms with van der Waals surface area (Å²) in [6.07, 6.45) is 25.4. The van der Waals surface area contributed by atoms with Crippen LogP contribution in [0.3, 0.4) is 0 Å². The molecule has 0 amide bonds. The third-order valence-corrected chi connectivity index (χ3v) is 15.6. The molecule has 0 atom stereocenters. The van der Waals surface area contributed by atoms with Gasteiger partial charge in [-0.3, -0.25) is 0 Å². The lowest BCUT2D eigenvalue weighted by Gasteiger charge is -2.05. The zero-order valence-electron chi connectivity index (χ0n) is 39.2. The normalized spacial score (nSPS) is 11.5. The highest BCUT2D eigenvalue weighted by molar-refractivity contribution is 7.28. The predicted molar refractivity (Wildman–Crippen MR) is 278 cm³/mol. The van der Waals surface area contributed by atoms with Gasteiger partial charge < -0.3 is 14.2 Å². The predicted octanol–water partition coefficient (Wildman–Crippen LogP) is 17.7. The number of carbonyl (C=O) groups excluding carboxylic acids is 3. The minimum atomic E-state index is -0.420. The highest BCUT2D eigenvalue weighted by atomic mass is 32.1. The Hall–Kier alpha value is -4.83. The van der Waals surface area contributed by atoms with Crippen molar-refractivity contribution in [3.05, 3.63) is 124 Å². The molecule has 0 aliphatic heterocycles. The Morgan fingerprint density at radius 2 is 0.591 bits per heavy atom. The summed E-state index contributed by atoms with van der Waals surface area (Å²) in [4.78, 5) is 40.6. The van der Waals surface area contributed by atoms with Crippen LogP contribution in [0.1, 0.15) is 184 Å². The van der Waals surface area contributed by atoms with Crippen molar-refractivity contribution in [1.82, 2.24) is 0 Å². The number of aryl methyl sites for hydroxylation is 3. The first kappa shape index (κ1) is 49.1. The van der Waals surface area contributed by atoms with E-state index in [-0.39, 0.29) is 0 Å². The van der Waals surface area contributed by atoms with Gasteiger partial charge in [-0.2, -0.15) is 0 Å². The monoisotopic (exact) mass is 942 g/mol. The molecule has 7 aromatic rings. The van der Waals surface area contributed by atoms with E-state index in [1.807, 2.05) is 91.0 Å². The summed E-state index contributed by atoms with van der Waals surface area (Å²) >= 11 is 4.15. The van der Waals surface area contributed by atoms with E-state index >= 15 is 0 Å². The SMILES string of the molecule is CCCCCCCCc1ccc(C(=O)Oc2cc3c(s2)c2cc(OC(=O)c4ccc(CCCCCCCC)cc4)sc2c2cc(OC(=O)c4ccc(CCCCCCCC)cc4)sc32)cc1. The van der Waals surface area contributed by atoms with Crippen LogP contribution in [0.4, 0.5) is 0 Å². The molecule has 3 aromatic heterocycles. The molecule has 0 saturated heterocycles. The minimum Gasteiger partial charge on any atom is -0.412 e. The van der Waals surface area contributed by atoms with Crippen molar-refractivity contribution in [1.29, 1.82) is 0 Å². The molecule has 0 unspecified atom stereocenters. The van der Waals surface area contributed by atoms with Crippen LogP contribution in [0.15, 0.2) is 91.0 Å². The molecule has 6 nitrogen and oxygen atoms in total. The molecule has 7 rings (SSSR count). The highest BCUT2D eigenvalue weighted by Gasteiger charge is 2.23. The summed E-state index contributed by atoms with van der Waals surface area (Å²) in [5, 5.41) is 4.00. The molecule has 0 bridgehead atoms. The number of thiophene rings is 3. The fourth-order valence-electron chi connectivity index (χ4n) is 8.56. The van der Waals surface area contributed by atoms with Gasteiger partial charge in [0.1, 0.15) is 0 Å². The van der Waals surface area contributed by atoms with Crippen molar-refractivity contribution in [2.24, 2.45) is 0 Å². The van der Waals surface area contributed by atoms with Crippen molar-refractivity contribution in [2.45, 2.75) is 156 Å². The first-order valence-corrected chi connectivity index (χ1v) is 27.1. The number of esters is 3. The maximum atomic E-state index is 13.5. The molecule has 0 saturated carbocycles. The van der Waals surface area contributed by atoms with Crippen molar-refractivity contribution < 1.29 is 28.6 Å². The van der Waals surface area contributed by atoms with Gasteiger partial charge in [-0.15, -0.1) is 0 Å². The quantitative estimate of drug-likeness (QED) is 0.0377. The molecule has 348 valence electrons. The summed E-state index contributed by atoms with van der Waals surface area (Å²) in [6.45, 7) is 6.71. The third kappa shape index (κ3) is 13.6. The lowest BCUT2D eigenvalue weighted by molar-refractivity contribution is 0.0731. The molecule has 66 heavy (non-hydrogen) atoms. The summed E-state index contributed by atoms with van der Waals surface area (Å²) in [5.41, 5.74) is 5.15. The second-order valence-corrected chi connectivity index (χ2v) is 20.8. The minimum absolute atomic E-state index is 0.420. The van der Waals surface area contributed by atoms with Gasteiger partial charge >= 0.3 is 17.9 Å². The van der Waals surface area contributed by atoms with E-state index in [9.17, 15) is 14.4 Å². The first-order valence-electron chi connectivity index (χ1n) is 24.7. The third-order valence-electron chi connectivity index (χ3n) is 12.5. The molecule has 0 aliphatic carbocycles. The van der Waals surface area contributed by atoms with E-state index < -0.39 is 17.9 Å². The van der Waals surface area contributed by atoms with Gasteiger partial charge in [0.15, 0.2) is 15.2 Å². The smallest absolute Gasteiger partial charge is 0.344 e. The molecule has 3 heterocycles. The lowest BCUT2D eigenvalue weighted by Crippen LogP contribution is -2.07. The molecule has 0 fully saturated rings. The van der Waals surface area contributed by atoms with Gasteiger partial charge in [-0.1, -0.05) is 187 Å². The van der Waals surface area contributed by atoms with Gasteiger partial charge in [0.2, 0.25) is 0 Å². The standard InChI is InChI=1S/C57H66O6S3/c1-4-7-10-13-16-19-22-40-25-31-43(32-26-40)55(58)61-49-37-46-52(64-49)47-38-50(62-56(59)44-33-27-41(28-34-44)23-20-17-14-11-8-5-2)66-54(47)48-39-51(65-53(46)48)63-57(60)45-35-29-42(30-36-45)24-21-18-15-12-9-6-3/h25-39H,4-24H2,1-3H3. The average Bonchev–Trinajstić information content (AvgIpc) is 4.07. The molecule has 0 spiro atoms. The molecule has 0 radical (unpaired) electrons. The zero-order valence-corrected chi connectivity index (χ0v) is 41.6. The maximum Gasteiger partial charge on any atom is 0.344 e. The number of rotatable bonds is 27. The van der Waals surface area contributed by atoms with E-state index in [0.29, 0.717) is 31.9 Å². The lowest BCUT2D eigenvalue weighted by atomic mass is 10.0. The van der Waals surface area contributed by atoms with Crippen molar-refractivity contribution in [3.8, 4) is 15.2 Å². The van der Waals surface area contributed by atoms with Crippen LogP contribution in [0, 0.1) is 0 Å². The van der Waals surface area contributed by atoms with Gasteiger partial charge in [0, 0.05) is 48.5 Å². The Morgan fingerprint density at radius 3 is 0.848 bits per heavy atom. The van der Waals surface area contributed by atoms with Gasteiger partial charge in [0.25, 0.3) is 0 Å². The molecule has 4 aromatic carbocycles. The fraction of sp³-hybridized carbons (Fsp3) is 0.421. The highest BCUT2D eigenvalue weighted by Crippen LogP contribution is 2.51. The van der Waals surface area contributed by atoms with Gasteiger partial charge in [-0.25, -0.2) is 14.4 Å². The molecule has 0 N–H and O–H groups in total. The zero-order chi connectivity index (χ0) is 46.1. The summed E-state index contributed by atoms with van der Waals surface area (Å²) in [5.74, 6) is -1.26. The number of unbranched alkanes of at least 4 members (excludes halogenated alkanes) is 15. The van der Waals surface area contributed by atoms with Crippen molar-refractivity contribution in [2.75, 3.05) is 0 Å². The largest absolute Gasteiger partial charge is 0.412 e. The van der Waals surface area contributed by atoms with Gasteiger partial charge in [0.05, 0.1) is 16.7 Å². The summed E-state index contributed by atoms with van der Waals surface area (Å²) in [6, 6.07) is 29.0. The summed E-state index contributed by atoms with van der Waals surface area (Å²) in [7, 11) is 0. The Bertz CT molecular complexity index is 2240. The van der Waals surface area contributed by atoms with E-state index in [2.05, 4.69) is 20.8 Å². The van der Waals surface area contributed by atoms with Gasteiger partial charge in [-0.05, 0) is 91.6 Å². The maximum absolute atomic E-state index is 13.5. The fourth-order valence-corrected chi connectivity index (χ4v) is 11.9. The second kappa shape index (κ2) is 25.3. The van der Waals surface area contributed by atoms with Crippen molar-refractivity contribution in [3.63, 3.8) is 0 Å². The Kier molecular flexibility index (Phi) is 18.8. The van der Waals surface area contributed by atoms with E-state index in [0.717, 1.165) is 68.8 Å². The molecular weight excluding hydrogens is 877 g/mol. The molecular formula is C57H66O6S3. The number of hydrogen-bond acceptors (Lipinski definition) is 9. The molecule has 0 aliphatic rings. The number of ether oxygens (including phenoxy) is 3. The average molecular weight is 943 g/mol. The van der Waals surface area contributed by atoms with E-state index in [1.54, 1.807) is 0 Å². The summed E-state index contributed by atoms with van der Waals surface area (Å²) < 4.78 is 20.8. The van der Waals surface area contributed by atoms with E-state index in [4.69, 9.17) is 14.2 Å². The van der Waals surface area contributed by atoms with Crippen LogP contribution >= 0.6 is 34.0 Å². The topological polar surface area (TPSA) is 78.9 Å². The van der Waals surface area contributed by atoms with Crippen LogP contribution in [-0.4, -0.2) is 17.9 Å². The Labute approximate surface area is 403 Å². The van der Waals surface area contributed by atoms with Crippen molar-refractivity contribution >= 4 is 82.2 Å². The number of hydrogen-bond donors (Lipinski definition) is 0. The number of carbonyl (C=O) groups is 3. The van der Waals surface area contributed by atoms with Crippen LogP contribution in [-0.2, 0) is 19.3 Å². The van der Waals surface area contributed by atoms with Crippen LogP contribution in [0.2, 0.25) is 0 Å². The van der Waals surface area contributed by atoms with E-state index in [1.165, 1.54) is 147 Å². The Balaban J connectivity index is 1.09. The number of fused-ring (bicyclic) bond motifs is 6. The Morgan fingerprint density at radius 1 is 0.348 bits per heavy atom. The second-order valence-electron chi connectivity index (χ2n) is 17.7. The first-order chi connectivity index (χ1) is 32.3.